The molecule has 1 heterocycles. The molecule has 1 aromatic carbocycles. The van der Waals surface area contributed by atoms with Crippen LogP contribution in [-0.4, -0.2) is 36.6 Å². The van der Waals surface area contributed by atoms with Crippen LogP contribution in [0.5, 0.6) is 0 Å². The van der Waals surface area contributed by atoms with Crippen molar-refractivity contribution in [2.24, 2.45) is 4.99 Å². The van der Waals surface area contributed by atoms with Crippen LogP contribution < -0.4 is 16.0 Å². The number of aliphatic hydroxyl groups is 1. The van der Waals surface area contributed by atoms with Gasteiger partial charge in [-0.25, -0.2) is 9.38 Å². The van der Waals surface area contributed by atoms with Crippen molar-refractivity contribution in [2.45, 2.75) is 33.3 Å². The number of guanidine groups is 1. The number of aliphatic imine (C=N–C) groups is 1. The molecule has 0 bridgehead atoms. The Morgan fingerprint density at radius 1 is 1.29 bits per heavy atom. The van der Waals surface area contributed by atoms with Crippen molar-refractivity contribution in [1.29, 1.82) is 0 Å². The summed E-state index contributed by atoms with van der Waals surface area (Å²) < 4.78 is 18.7. The maximum atomic E-state index is 13.2. The van der Waals surface area contributed by atoms with Gasteiger partial charge < -0.3 is 25.5 Å². The Bertz CT molecular complexity index is 846. The van der Waals surface area contributed by atoms with Crippen LogP contribution in [0.2, 0.25) is 0 Å². The van der Waals surface area contributed by atoms with Crippen molar-refractivity contribution in [2.75, 3.05) is 25.0 Å². The number of aryl methyl sites for hydroxylation is 2. The molecule has 1 atom stereocenters. The van der Waals surface area contributed by atoms with E-state index < -0.39 is 11.4 Å². The van der Waals surface area contributed by atoms with Gasteiger partial charge >= 0.3 is 0 Å². The van der Waals surface area contributed by atoms with E-state index in [2.05, 4.69) is 20.9 Å². The van der Waals surface area contributed by atoms with Crippen LogP contribution in [0.25, 0.3) is 0 Å². The van der Waals surface area contributed by atoms with Crippen LogP contribution in [0.1, 0.15) is 30.9 Å². The molecule has 1 amide bonds. The lowest BCUT2D eigenvalue weighted by molar-refractivity contribution is -0.114. The topological polar surface area (TPSA) is 98.9 Å². The monoisotopic (exact) mass is 390 g/mol. The molecule has 8 heteroatoms. The molecule has 28 heavy (non-hydrogen) atoms. The molecule has 0 aliphatic rings. The largest absolute Gasteiger partial charge is 0.466 e. The number of nitrogens with zero attached hydrogens (tertiary/aromatic N) is 1. The molecule has 0 aliphatic heterocycles. The number of rotatable bonds is 7. The van der Waals surface area contributed by atoms with Crippen molar-refractivity contribution < 1.29 is 18.7 Å². The lowest BCUT2D eigenvalue weighted by atomic mass is 9.96. The van der Waals surface area contributed by atoms with Gasteiger partial charge in [-0.05, 0) is 52.0 Å². The second kappa shape index (κ2) is 9.36. The quantitative estimate of drug-likeness (QED) is 0.430. The summed E-state index contributed by atoms with van der Waals surface area (Å²) in [4.78, 5) is 16.3. The molecule has 0 spiro atoms. The van der Waals surface area contributed by atoms with Crippen LogP contribution in [0.3, 0.4) is 0 Å². The van der Waals surface area contributed by atoms with Crippen molar-refractivity contribution >= 4 is 17.6 Å². The predicted octanol–water partition coefficient (Wildman–Crippen LogP) is 2.44. The number of carbonyl (C=O) groups excluding carboxylic acids is 1. The van der Waals surface area contributed by atoms with Gasteiger partial charge in [0.25, 0.3) is 0 Å². The zero-order valence-corrected chi connectivity index (χ0v) is 16.6. The number of furan rings is 1. The summed E-state index contributed by atoms with van der Waals surface area (Å²) in [5.74, 6) is 0.956. The smallest absolute Gasteiger partial charge is 0.246 e. The number of halogens is 1. The summed E-state index contributed by atoms with van der Waals surface area (Å²) in [7, 11) is 0. The fourth-order valence-electron chi connectivity index (χ4n) is 2.78. The van der Waals surface area contributed by atoms with Gasteiger partial charge in [0.1, 0.15) is 29.5 Å². The van der Waals surface area contributed by atoms with E-state index in [1.807, 2.05) is 13.8 Å². The molecule has 2 rings (SSSR count). The first kappa shape index (κ1) is 21.4. The predicted molar refractivity (Wildman–Crippen MR) is 107 cm³/mol. The summed E-state index contributed by atoms with van der Waals surface area (Å²) >= 11 is 0. The number of hydrogen-bond acceptors (Lipinski definition) is 4. The fourth-order valence-corrected chi connectivity index (χ4v) is 2.78. The number of amides is 1. The zero-order valence-electron chi connectivity index (χ0n) is 16.6. The van der Waals surface area contributed by atoms with E-state index in [1.165, 1.54) is 18.2 Å². The Hall–Kier alpha value is -2.87. The van der Waals surface area contributed by atoms with E-state index in [0.29, 0.717) is 29.5 Å². The lowest BCUT2D eigenvalue weighted by Gasteiger charge is -2.24. The minimum Gasteiger partial charge on any atom is -0.466 e. The van der Waals surface area contributed by atoms with Crippen molar-refractivity contribution in [1.82, 2.24) is 10.6 Å². The van der Waals surface area contributed by atoms with Gasteiger partial charge in [0.05, 0.1) is 6.54 Å². The molecule has 7 nitrogen and oxygen atoms in total. The molecular weight excluding hydrogens is 363 g/mol. The van der Waals surface area contributed by atoms with Crippen molar-refractivity contribution in [3.8, 4) is 0 Å². The minimum absolute atomic E-state index is 0.155. The molecule has 1 unspecified atom stereocenters. The van der Waals surface area contributed by atoms with Crippen LogP contribution in [-0.2, 0) is 10.4 Å². The summed E-state index contributed by atoms with van der Waals surface area (Å²) in [5, 5.41) is 19.4. The Morgan fingerprint density at radius 3 is 2.64 bits per heavy atom. The highest BCUT2D eigenvalue weighted by molar-refractivity contribution is 5.94. The van der Waals surface area contributed by atoms with E-state index in [4.69, 9.17) is 4.42 Å². The highest BCUT2D eigenvalue weighted by atomic mass is 19.1. The molecule has 2 aromatic rings. The maximum absolute atomic E-state index is 13.2. The lowest BCUT2D eigenvalue weighted by Crippen LogP contribution is -2.45. The second-order valence-corrected chi connectivity index (χ2v) is 6.71. The molecular formula is C20H27FN4O3. The zero-order chi connectivity index (χ0) is 20.7. The molecule has 0 radical (unpaired) electrons. The Kier molecular flexibility index (Phi) is 7.17. The molecule has 0 saturated carbocycles. The van der Waals surface area contributed by atoms with E-state index >= 15 is 0 Å². The normalized spacial score (nSPS) is 13.7. The third-order valence-electron chi connectivity index (χ3n) is 4.05. The van der Waals surface area contributed by atoms with Gasteiger partial charge in [-0.15, -0.1) is 0 Å². The first-order chi connectivity index (χ1) is 13.2. The number of anilines is 1. The molecule has 0 saturated heterocycles. The Morgan fingerprint density at radius 2 is 2.04 bits per heavy atom. The Balaban J connectivity index is 1.97. The second-order valence-electron chi connectivity index (χ2n) is 6.71. The van der Waals surface area contributed by atoms with Crippen LogP contribution in [0.15, 0.2) is 39.7 Å². The van der Waals surface area contributed by atoms with Gasteiger partial charge in [-0.3, -0.25) is 4.79 Å². The molecule has 152 valence electrons. The van der Waals surface area contributed by atoms with E-state index in [9.17, 15) is 14.3 Å². The molecule has 0 aliphatic carbocycles. The number of carbonyl (C=O) groups is 1. The fraction of sp³-hybridized carbons (Fsp3) is 0.400. The van der Waals surface area contributed by atoms with Gasteiger partial charge in [0.15, 0.2) is 5.96 Å². The van der Waals surface area contributed by atoms with E-state index in [-0.39, 0.29) is 19.0 Å². The molecule has 4 N–H and O–H groups in total. The summed E-state index contributed by atoms with van der Waals surface area (Å²) in [6, 6.07) is 7.45. The van der Waals surface area contributed by atoms with Crippen molar-refractivity contribution in [3.05, 3.63) is 53.2 Å². The molecule has 0 fully saturated rings. The van der Waals surface area contributed by atoms with Crippen LogP contribution in [0.4, 0.5) is 10.1 Å². The number of nitrogens with one attached hydrogen (secondary N) is 3. The number of benzene rings is 1. The van der Waals surface area contributed by atoms with E-state index in [1.54, 1.807) is 26.0 Å². The van der Waals surface area contributed by atoms with Gasteiger partial charge in [0, 0.05) is 17.8 Å². The van der Waals surface area contributed by atoms with Crippen molar-refractivity contribution in [3.63, 3.8) is 0 Å². The summed E-state index contributed by atoms with van der Waals surface area (Å²) in [5.41, 5.74) is -0.119. The first-order valence-electron chi connectivity index (χ1n) is 9.08. The van der Waals surface area contributed by atoms with Gasteiger partial charge in [-0.2, -0.15) is 0 Å². The molecule has 1 aromatic heterocycles. The first-order valence-corrected chi connectivity index (χ1v) is 9.08. The van der Waals surface area contributed by atoms with Crippen LogP contribution in [0, 0.1) is 19.7 Å². The summed E-state index contributed by atoms with van der Waals surface area (Å²) in [6.45, 7) is 7.80. The Labute approximate surface area is 164 Å². The van der Waals surface area contributed by atoms with Gasteiger partial charge in [0.2, 0.25) is 5.91 Å². The highest BCUT2D eigenvalue weighted by Gasteiger charge is 2.27. The third-order valence-corrected chi connectivity index (χ3v) is 4.05. The number of hydrogen-bond donors (Lipinski definition) is 4. The summed E-state index contributed by atoms with van der Waals surface area (Å²) in [6.07, 6.45) is 0. The average molecular weight is 390 g/mol. The average Bonchev–Trinajstić information content (AvgIpc) is 2.96. The van der Waals surface area contributed by atoms with E-state index in [0.717, 1.165) is 5.76 Å². The standard InChI is InChI=1S/C20H27FN4O3/c1-5-22-19(23-11-18(26)25-16-8-6-7-15(21)10-16)24-12-20(4,27)17-9-13(2)28-14(17)3/h6-10,27H,5,11-12H2,1-4H3,(H,25,26)(H2,22,23,24). The van der Waals surface area contributed by atoms with Gasteiger partial charge in [-0.1, -0.05) is 6.07 Å². The van der Waals surface area contributed by atoms with Crippen LogP contribution >= 0.6 is 0 Å². The SMILES string of the molecule is CCNC(=NCC(=O)Nc1cccc(F)c1)NCC(C)(O)c1cc(C)oc1C. The highest BCUT2D eigenvalue weighted by Crippen LogP contribution is 2.26. The maximum Gasteiger partial charge on any atom is 0.246 e. The minimum atomic E-state index is -1.18. The third kappa shape index (κ3) is 6.09.